The lowest BCUT2D eigenvalue weighted by Gasteiger charge is -2.26. The summed E-state index contributed by atoms with van der Waals surface area (Å²) in [5, 5.41) is 0.963. The zero-order valence-electron chi connectivity index (χ0n) is 17.7. The van der Waals surface area contributed by atoms with Crippen molar-refractivity contribution in [3.05, 3.63) is 56.9 Å². The number of nitrogens with zero attached hydrogens (tertiary/aromatic N) is 2. The van der Waals surface area contributed by atoms with Gasteiger partial charge in [0.1, 0.15) is 5.82 Å². The van der Waals surface area contributed by atoms with E-state index < -0.39 is 11.2 Å². The summed E-state index contributed by atoms with van der Waals surface area (Å²) in [6, 6.07) is 7.74. The Balaban J connectivity index is 2.03. The molecule has 1 aromatic carbocycles. The van der Waals surface area contributed by atoms with E-state index >= 15 is 0 Å². The maximum atomic E-state index is 13.3. The summed E-state index contributed by atoms with van der Waals surface area (Å²) in [6.07, 6.45) is 3.54. The van der Waals surface area contributed by atoms with Gasteiger partial charge in [-0.2, -0.15) is 0 Å². The van der Waals surface area contributed by atoms with Gasteiger partial charge in [0.2, 0.25) is 5.91 Å². The minimum Gasteiger partial charge on any atom is -0.383 e. The molecular weight excluding hydrogens is 382 g/mol. The fourth-order valence-corrected chi connectivity index (χ4v) is 3.60. The molecule has 0 spiro atoms. The quantitative estimate of drug-likeness (QED) is 0.528. The summed E-state index contributed by atoms with van der Waals surface area (Å²) in [5.74, 6) is -0.108. The first-order valence-corrected chi connectivity index (χ1v) is 10.3. The van der Waals surface area contributed by atoms with Gasteiger partial charge < -0.3 is 15.6 Å². The smallest absolute Gasteiger partial charge is 0.330 e. The topological polar surface area (TPSA) is 117 Å². The minimum absolute atomic E-state index is 0.0325. The molecule has 0 aliphatic rings. The molecule has 0 aliphatic heterocycles. The Bertz CT molecular complexity index is 1160. The fraction of sp³-hybridized carbons (Fsp3) is 0.409. The van der Waals surface area contributed by atoms with Gasteiger partial charge in [0.15, 0.2) is 5.69 Å². The van der Waals surface area contributed by atoms with Crippen molar-refractivity contribution < 1.29 is 4.79 Å². The summed E-state index contributed by atoms with van der Waals surface area (Å²) in [5.41, 5.74) is 6.89. The number of anilines is 2. The molecule has 3 aromatic rings. The molecule has 0 aliphatic carbocycles. The molecule has 8 nitrogen and oxygen atoms in total. The normalized spacial score (nSPS) is 11.3. The largest absolute Gasteiger partial charge is 0.383 e. The van der Waals surface area contributed by atoms with Gasteiger partial charge in [-0.25, -0.2) is 4.79 Å². The monoisotopic (exact) mass is 411 g/mol. The Hall–Kier alpha value is -3.29. The number of nitrogen functional groups attached to an aromatic ring is 1. The molecule has 0 radical (unpaired) electrons. The minimum atomic E-state index is -0.641. The van der Waals surface area contributed by atoms with Crippen LogP contribution in [0.2, 0.25) is 0 Å². The zero-order chi connectivity index (χ0) is 21.8. The number of aromatic amines is 2. The number of hydrogen-bond donors (Lipinski definition) is 3. The Labute approximate surface area is 174 Å². The van der Waals surface area contributed by atoms with E-state index in [1.807, 2.05) is 51.2 Å². The second-order valence-corrected chi connectivity index (χ2v) is 7.93. The van der Waals surface area contributed by atoms with Crippen molar-refractivity contribution in [2.24, 2.45) is 5.92 Å². The highest BCUT2D eigenvalue weighted by molar-refractivity contribution is 5.99. The lowest BCUT2D eigenvalue weighted by Crippen LogP contribution is -2.43. The first-order chi connectivity index (χ1) is 14.3. The maximum absolute atomic E-state index is 13.3. The summed E-state index contributed by atoms with van der Waals surface area (Å²) in [6.45, 7) is 6.63. The average Bonchev–Trinajstić information content (AvgIpc) is 3.09. The number of aromatic nitrogens is 3. The summed E-state index contributed by atoms with van der Waals surface area (Å²) >= 11 is 0. The van der Waals surface area contributed by atoms with Crippen LogP contribution in [0.3, 0.4) is 0 Å². The number of amides is 1. The number of nitrogens with two attached hydrogens (primary N) is 1. The predicted octanol–water partition coefficient (Wildman–Crippen LogP) is 2.63. The number of benzene rings is 1. The molecule has 4 N–H and O–H groups in total. The highest BCUT2D eigenvalue weighted by Gasteiger charge is 2.25. The van der Waals surface area contributed by atoms with Crippen LogP contribution in [0.5, 0.6) is 0 Å². The van der Waals surface area contributed by atoms with E-state index in [-0.39, 0.29) is 29.8 Å². The molecule has 0 bridgehead atoms. The van der Waals surface area contributed by atoms with Crippen LogP contribution in [0.1, 0.15) is 39.2 Å². The molecule has 3 rings (SSSR count). The van der Waals surface area contributed by atoms with Crippen molar-refractivity contribution in [2.45, 2.75) is 46.6 Å². The standard InChI is InChI=1S/C22H29N5O3/c1-4-5-10-26-20(23)19(21(29)25-22(26)30)27(13-14(2)3)18(28)11-15-12-24-17-9-7-6-8-16(15)17/h6-9,12,14,24H,4-5,10-11,13,23H2,1-3H3,(H,25,29,30). The van der Waals surface area contributed by atoms with Crippen LogP contribution in [-0.2, 0) is 17.8 Å². The van der Waals surface area contributed by atoms with E-state index in [2.05, 4.69) is 9.97 Å². The predicted molar refractivity (Wildman–Crippen MR) is 120 cm³/mol. The Morgan fingerprint density at radius 1 is 1.23 bits per heavy atom. The Morgan fingerprint density at radius 3 is 2.67 bits per heavy atom. The Kier molecular flexibility index (Phi) is 6.44. The van der Waals surface area contributed by atoms with Crippen molar-refractivity contribution in [1.82, 2.24) is 14.5 Å². The van der Waals surface area contributed by atoms with Crippen molar-refractivity contribution in [3.8, 4) is 0 Å². The zero-order valence-corrected chi connectivity index (χ0v) is 17.7. The van der Waals surface area contributed by atoms with Crippen LogP contribution in [0.25, 0.3) is 10.9 Å². The van der Waals surface area contributed by atoms with Crippen LogP contribution < -0.4 is 21.9 Å². The lowest BCUT2D eigenvalue weighted by molar-refractivity contribution is -0.118. The van der Waals surface area contributed by atoms with Crippen LogP contribution >= 0.6 is 0 Å². The molecule has 8 heteroatoms. The molecule has 0 unspecified atom stereocenters. The first kappa shape index (κ1) is 21.4. The lowest BCUT2D eigenvalue weighted by atomic mass is 10.1. The number of fused-ring (bicyclic) bond motifs is 1. The molecular formula is C22H29N5O3. The fourth-order valence-electron chi connectivity index (χ4n) is 3.60. The number of H-pyrrole nitrogens is 2. The van der Waals surface area contributed by atoms with E-state index in [9.17, 15) is 14.4 Å². The summed E-state index contributed by atoms with van der Waals surface area (Å²) in [7, 11) is 0. The van der Waals surface area contributed by atoms with E-state index in [4.69, 9.17) is 5.73 Å². The van der Waals surface area contributed by atoms with E-state index in [1.165, 1.54) is 9.47 Å². The number of rotatable bonds is 8. The van der Waals surface area contributed by atoms with Crippen molar-refractivity contribution in [2.75, 3.05) is 17.2 Å². The molecule has 0 saturated heterocycles. The van der Waals surface area contributed by atoms with Gasteiger partial charge in [0.05, 0.1) is 6.42 Å². The Morgan fingerprint density at radius 2 is 1.97 bits per heavy atom. The van der Waals surface area contributed by atoms with Crippen molar-refractivity contribution >= 4 is 28.3 Å². The second-order valence-electron chi connectivity index (χ2n) is 7.93. The number of hydrogen-bond acceptors (Lipinski definition) is 4. The SMILES string of the molecule is CCCCn1c(N)c(N(CC(C)C)C(=O)Cc2c[nH]c3ccccc23)c(=O)[nH]c1=O. The third kappa shape index (κ3) is 4.32. The van der Waals surface area contributed by atoms with Crippen molar-refractivity contribution in [1.29, 1.82) is 0 Å². The molecule has 0 saturated carbocycles. The van der Waals surface area contributed by atoms with Crippen LogP contribution in [0.4, 0.5) is 11.5 Å². The number of nitrogens with one attached hydrogen (secondary N) is 2. The van der Waals surface area contributed by atoms with Gasteiger partial charge in [0.25, 0.3) is 5.56 Å². The maximum Gasteiger partial charge on any atom is 0.330 e. The number of carbonyl (C=O) groups is 1. The van der Waals surface area contributed by atoms with E-state index in [1.54, 1.807) is 0 Å². The molecule has 1 amide bonds. The average molecular weight is 412 g/mol. The van der Waals surface area contributed by atoms with Crippen LogP contribution in [0, 0.1) is 5.92 Å². The highest BCUT2D eigenvalue weighted by Crippen LogP contribution is 2.23. The van der Waals surface area contributed by atoms with Gasteiger partial charge >= 0.3 is 5.69 Å². The third-order valence-electron chi connectivity index (χ3n) is 5.08. The molecule has 160 valence electrons. The van der Waals surface area contributed by atoms with Gasteiger partial charge in [-0.3, -0.25) is 19.1 Å². The molecule has 0 fully saturated rings. The number of unbranched alkanes of at least 4 members (excludes halogenated alkanes) is 1. The molecule has 2 heterocycles. The van der Waals surface area contributed by atoms with Crippen LogP contribution in [0.15, 0.2) is 40.1 Å². The van der Waals surface area contributed by atoms with Gasteiger partial charge in [-0.05, 0) is 24.0 Å². The number of para-hydroxylation sites is 1. The van der Waals surface area contributed by atoms with E-state index in [0.29, 0.717) is 13.1 Å². The van der Waals surface area contributed by atoms with E-state index in [0.717, 1.165) is 29.3 Å². The summed E-state index contributed by atoms with van der Waals surface area (Å²) < 4.78 is 1.34. The van der Waals surface area contributed by atoms with Gasteiger partial charge in [-0.1, -0.05) is 45.4 Å². The van der Waals surface area contributed by atoms with Gasteiger partial charge in [0, 0.05) is 30.2 Å². The molecule has 0 atom stereocenters. The second kappa shape index (κ2) is 9.02. The van der Waals surface area contributed by atoms with Gasteiger partial charge in [-0.15, -0.1) is 0 Å². The molecule has 2 aromatic heterocycles. The third-order valence-corrected chi connectivity index (χ3v) is 5.08. The summed E-state index contributed by atoms with van der Waals surface area (Å²) in [4.78, 5) is 45.2. The first-order valence-electron chi connectivity index (χ1n) is 10.3. The van der Waals surface area contributed by atoms with Crippen LogP contribution in [-0.4, -0.2) is 27.0 Å². The number of carbonyl (C=O) groups excluding carboxylic acids is 1. The van der Waals surface area contributed by atoms with Crippen molar-refractivity contribution in [3.63, 3.8) is 0 Å². The molecule has 30 heavy (non-hydrogen) atoms. The highest BCUT2D eigenvalue weighted by atomic mass is 16.2.